The number of amides is 1. The maximum absolute atomic E-state index is 10.3. The predicted octanol–water partition coefficient (Wildman–Crippen LogP) is 0.413. The molecule has 1 aliphatic heterocycles. The van der Waals surface area contributed by atoms with Crippen LogP contribution in [0.4, 0.5) is 4.79 Å². The van der Waals surface area contributed by atoms with E-state index in [1.807, 2.05) is 0 Å². The van der Waals surface area contributed by atoms with Gasteiger partial charge in [0.2, 0.25) is 0 Å². The van der Waals surface area contributed by atoms with Crippen molar-refractivity contribution < 1.29 is 9.90 Å². The highest BCUT2D eigenvalue weighted by Gasteiger charge is 2.13. The van der Waals surface area contributed by atoms with Gasteiger partial charge >= 0.3 is 6.09 Å². The smallest absolute Gasteiger partial charge is 0.407 e. The van der Waals surface area contributed by atoms with E-state index in [0.29, 0.717) is 13.1 Å². The lowest BCUT2D eigenvalue weighted by molar-refractivity contribution is 0.139. The predicted molar refractivity (Wildman–Crippen MR) is 47.0 cm³/mol. The zero-order chi connectivity index (χ0) is 6.69. The Balaban J connectivity index is 0. The average Bonchev–Trinajstić information content (AvgIpc) is 1.90. The molecule has 0 spiro atoms. The van der Waals surface area contributed by atoms with Crippen LogP contribution in [0.1, 0.15) is 0 Å². The fraction of sp³-hybridized carbons (Fsp3) is 0.800. The van der Waals surface area contributed by atoms with Crippen LogP contribution >= 0.6 is 24.8 Å². The minimum atomic E-state index is -0.809. The second kappa shape index (κ2) is 6.52. The van der Waals surface area contributed by atoms with Crippen molar-refractivity contribution in [2.75, 3.05) is 26.2 Å². The number of rotatable bonds is 0. The first kappa shape index (κ1) is 13.4. The van der Waals surface area contributed by atoms with Crippen molar-refractivity contribution in [3.05, 3.63) is 0 Å². The highest BCUT2D eigenvalue weighted by atomic mass is 35.5. The second-order valence-corrected chi connectivity index (χ2v) is 2.02. The molecule has 11 heavy (non-hydrogen) atoms. The Labute approximate surface area is 77.8 Å². The largest absolute Gasteiger partial charge is 0.465 e. The number of piperazine rings is 1. The summed E-state index contributed by atoms with van der Waals surface area (Å²) in [4.78, 5) is 11.7. The minimum Gasteiger partial charge on any atom is -0.465 e. The number of carboxylic acid groups (broad SMARTS) is 1. The van der Waals surface area contributed by atoms with Crippen LogP contribution < -0.4 is 5.32 Å². The van der Waals surface area contributed by atoms with Crippen LogP contribution in [-0.4, -0.2) is 42.3 Å². The fourth-order valence-corrected chi connectivity index (χ4v) is 0.856. The van der Waals surface area contributed by atoms with E-state index < -0.39 is 6.09 Å². The third kappa shape index (κ3) is 4.29. The highest BCUT2D eigenvalue weighted by molar-refractivity contribution is 5.85. The van der Waals surface area contributed by atoms with Crippen molar-refractivity contribution in [1.82, 2.24) is 10.2 Å². The Morgan fingerprint density at radius 3 is 2.00 bits per heavy atom. The van der Waals surface area contributed by atoms with E-state index in [4.69, 9.17) is 5.11 Å². The van der Waals surface area contributed by atoms with E-state index in [-0.39, 0.29) is 24.8 Å². The Morgan fingerprint density at radius 1 is 1.27 bits per heavy atom. The van der Waals surface area contributed by atoms with Gasteiger partial charge < -0.3 is 15.3 Å². The van der Waals surface area contributed by atoms with Gasteiger partial charge in [0.25, 0.3) is 0 Å². The lowest BCUT2D eigenvalue weighted by Crippen LogP contribution is -2.45. The van der Waals surface area contributed by atoms with Crippen molar-refractivity contribution in [2.24, 2.45) is 0 Å². The van der Waals surface area contributed by atoms with Crippen molar-refractivity contribution in [3.8, 4) is 0 Å². The number of nitrogens with zero attached hydrogens (tertiary/aromatic N) is 1. The van der Waals surface area contributed by atoms with E-state index in [0.717, 1.165) is 13.1 Å². The Morgan fingerprint density at radius 2 is 1.73 bits per heavy atom. The molecule has 0 saturated carbocycles. The van der Waals surface area contributed by atoms with Crippen LogP contribution in [0, 0.1) is 0 Å². The Hall–Kier alpha value is -0.190. The number of carbonyl (C=O) groups is 1. The zero-order valence-electron chi connectivity index (χ0n) is 5.95. The summed E-state index contributed by atoms with van der Waals surface area (Å²) in [5.41, 5.74) is 0. The van der Waals surface area contributed by atoms with Gasteiger partial charge in [0.15, 0.2) is 0 Å². The van der Waals surface area contributed by atoms with Crippen LogP contribution in [-0.2, 0) is 0 Å². The maximum Gasteiger partial charge on any atom is 0.407 e. The summed E-state index contributed by atoms with van der Waals surface area (Å²) < 4.78 is 0. The van der Waals surface area contributed by atoms with Gasteiger partial charge in [-0.25, -0.2) is 4.79 Å². The van der Waals surface area contributed by atoms with Gasteiger partial charge in [-0.05, 0) is 0 Å². The molecule has 6 heteroatoms. The standard InChI is InChI=1S/C5H10N2O2.2ClH/c8-5(9)7-3-1-6-2-4-7;;/h6H,1-4H2,(H,8,9);2*1H. The molecular formula is C5H12Cl2N2O2. The second-order valence-electron chi connectivity index (χ2n) is 2.02. The molecule has 2 N–H and O–H groups in total. The molecule has 0 aromatic rings. The van der Waals surface area contributed by atoms with Crippen molar-refractivity contribution in [3.63, 3.8) is 0 Å². The number of hydrogen-bond acceptors (Lipinski definition) is 2. The first-order valence-corrected chi connectivity index (χ1v) is 2.99. The summed E-state index contributed by atoms with van der Waals surface area (Å²) in [6, 6.07) is 0. The third-order valence-corrected chi connectivity index (χ3v) is 1.39. The summed E-state index contributed by atoms with van der Waals surface area (Å²) in [6.07, 6.45) is -0.809. The first-order valence-electron chi connectivity index (χ1n) is 2.99. The summed E-state index contributed by atoms with van der Waals surface area (Å²) in [7, 11) is 0. The average molecular weight is 203 g/mol. The molecule has 1 saturated heterocycles. The van der Waals surface area contributed by atoms with E-state index in [9.17, 15) is 4.79 Å². The number of nitrogens with one attached hydrogen (secondary N) is 1. The van der Waals surface area contributed by atoms with Crippen molar-refractivity contribution >= 4 is 30.9 Å². The first-order chi connectivity index (χ1) is 4.30. The lowest BCUT2D eigenvalue weighted by atomic mass is 10.4. The van der Waals surface area contributed by atoms with Gasteiger partial charge in [0.1, 0.15) is 0 Å². The van der Waals surface area contributed by atoms with E-state index in [2.05, 4.69) is 5.32 Å². The van der Waals surface area contributed by atoms with Gasteiger partial charge in [-0.2, -0.15) is 0 Å². The van der Waals surface area contributed by atoms with Crippen LogP contribution in [0.5, 0.6) is 0 Å². The van der Waals surface area contributed by atoms with Crippen LogP contribution in [0.2, 0.25) is 0 Å². The van der Waals surface area contributed by atoms with Crippen LogP contribution in [0.3, 0.4) is 0 Å². The molecule has 0 bridgehead atoms. The molecule has 1 heterocycles. The summed E-state index contributed by atoms with van der Waals surface area (Å²) in [6.45, 7) is 2.81. The molecule has 0 aromatic carbocycles. The topological polar surface area (TPSA) is 52.6 Å². The normalized spacial score (nSPS) is 16.2. The molecular weight excluding hydrogens is 191 g/mol. The monoisotopic (exact) mass is 202 g/mol. The highest BCUT2D eigenvalue weighted by Crippen LogP contribution is 1.90. The molecule has 0 atom stereocenters. The van der Waals surface area contributed by atoms with Gasteiger partial charge in [-0.3, -0.25) is 0 Å². The zero-order valence-corrected chi connectivity index (χ0v) is 7.58. The summed E-state index contributed by atoms with van der Waals surface area (Å²) in [5.74, 6) is 0. The number of halogens is 2. The Kier molecular flexibility index (Phi) is 7.94. The molecule has 1 fully saturated rings. The molecule has 0 radical (unpaired) electrons. The van der Waals surface area contributed by atoms with E-state index >= 15 is 0 Å². The molecule has 1 aliphatic rings. The quantitative estimate of drug-likeness (QED) is 0.599. The van der Waals surface area contributed by atoms with Crippen molar-refractivity contribution in [2.45, 2.75) is 0 Å². The number of hydrogen-bond donors (Lipinski definition) is 2. The van der Waals surface area contributed by atoms with E-state index in [1.165, 1.54) is 4.90 Å². The molecule has 1 rings (SSSR count). The lowest BCUT2D eigenvalue weighted by Gasteiger charge is -2.23. The molecule has 0 aliphatic carbocycles. The van der Waals surface area contributed by atoms with Gasteiger partial charge in [-0.1, -0.05) is 0 Å². The molecule has 4 nitrogen and oxygen atoms in total. The molecule has 0 aromatic heterocycles. The van der Waals surface area contributed by atoms with Gasteiger partial charge in [-0.15, -0.1) is 24.8 Å². The minimum absolute atomic E-state index is 0. The SMILES string of the molecule is Cl.Cl.O=C(O)N1CCNCC1. The fourth-order valence-electron chi connectivity index (χ4n) is 0.856. The molecule has 1 amide bonds. The Bertz CT molecular complexity index is 117. The summed E-state index contributed by atoms with van der Waals surface area (Å²) in [5, 5.41) is 11.5. The van der Waals surface area contributed by atoms with E-state index in [1.54, 1.807) is 0 Å². The summed E-state index contributed by atoms with van der Waals surface area (Å²) >= 11 is 0. The van der Waals surface area contributed by atoms with Gasteiger partial charge in [0, 0.05) is 26.2 Å². The molecule has 0 unspecified atom stereocenters. The van der Waals surface area contributed by atoms with Crippen LogP contribution in [0.25, 0.3) is 0 Å². The maximum atomic E-state index is 10.3. The van der Waals surface area contributed by atoms with Crippen molar-refractivity contribution in [1.29, 1.82) is 0 Å². The van der Waals surface area contributed by atoms with Gasteiger partial charge in [0.05, 0.1) is 0 Å². The molecule has 68 valence electrons. The van der Waals surface area contributed by atoms with Crippen LogP contribution in [0.15, 0.2) is 0 Å². The third-order valence-electron chi connectivity index (χ3n) is 1.39.